The fraction of sp³-hybridized carbons (Fsp3) is 0.417. The Balaban J connectivity index is 2.00. The number of rotatable bonds is 5. The van der Waals surface area contributed by atoms with E-state index in [2.05, 4.69) is 0 Å². The second-order valence-electron chi connectivity index (χ2n) is 4.06. The molecule has 1 aliphatic rings. The van der Waals surface area contributed by atoms with Crippen molar-refractivity contribution in [3.63, 3.8) is 0 Å². The van der Waals surface area contributed by atoms with Crippen molar-refractivity contribution >= 4 is 5.97 Å². The first-order chi connectivity index (χ1) is 8.08. The van der Waals surface area contributed by atoms with Crippen LogP contribution >= 0.6 is 0 Å². The van der Waals surface area contributed by atoms with Crippen molar-refractivity contribution in [3.05, 3.63) is 29.8 Å². The van der Waals surface area contributed by atoms with Crippen LogP contribution in [0.3, 0.4) is 0 Å². The third-order valence-electron chi connectivity index (χ3n) is 2.77. The highest BCUT2D eigenvalue weighted by Crippen LogP contribution is 2.48. The summed E-state index contributed by atoms with van der Waals surface area (Å²) in [6.45, 7) is -0.642. The largest absolute Gasteiger partial charge is 0.488 e. The molecule has 1 saturated carbocycles. The molecule has 0 radical (unpaired) electrons. The Hall–Kier alpha value is -1.65. The van der Waals surface area contributed by atoms with Gasteiger partial charge in [0.2, 0.25) is 0 Å². The van der Waals surface area contributed by atoms with E-state index in [1.165, 1.54) is 0 Å². The second-order valence-corrected chi connectivity index (χ2v) is 4.06. The number of benzene rings is 1. The van der Waals surface area contributed by atoms with Crippen molar-refractivity contribution < 1.29 is 23.4 Å². The third-order valence-corrected chi connectivity index (χ3v) is 2.77. The van der Waals surface area contributed by atoms with Gasteiger partial charge in [-0.15, -0.1) is 0 Å². The van der Waals surface area contributed by atoms with Crippen molar-refractivity contribution in [2.24, 2.45) is 5.92 Å². The van der Waals surface area contributed by atoms with E-state index in [0.717, 1.165) is 5.56 Å². The molecule has 0 saturated heterocycles. The molecule has 0 amide bonds. The first kappa shape index (κ1) is 11.8. The predicted octanol–water partition coefficient (Wildman–Crippen LogP) is 2.52. The topological polar surface area (TPSA) is 46.5 Å². The van der Waals surface area contributed by atoms with E-state index in [-0.39, 0.29) is 11.8 Å². The van der Waals surface area contributed by atoms with Crippen LogP contribution in [0.4, 0.5) is 8.78 Å². The van der Waals surface area contributed by atoms with E-state index >= 15 is 0 Å². The van der Waals surface area contributed by atoms with Crippen molar-refractivity contribution in [1.82, 2.24) is 0 Å². The minimum atomic E-state index is -2.51. The number of hydrogen-bond donors (Lipinski definition) is 1. The molecule has 2 atom stereocenters. The van der Waals surface area contributed by atoms with Gasteiger partial charge in [0.05, 0.1) is 5.92 Å². The lowest BCUT2D eigenvalue weighted by atomic mass is 10.1. The van der Waals surface area contributed by atoms with E-state index in [0.29, 0.717) is 12.2 Å². The molecular formula is C12H12F2O3. The van der Waals surface area contributed by atoms with Gasteiger partial charge in [0.15, 0.2) is 0 Å². The maximum absolute atomic E-state index is 12.0. The van der Waals surface area contributed by atoms with Crippen LogP contribution in [-0.2, 0) is 4.79 Å². The number of carboxylic acid groups (broad SMARTS) is 1. The molecule has 0 spiro atoms. The van der Waals surface area contributed by atoms with Crippen molar-refractivity contribution in [2.75, 3.05) is 6.61 Å². The van der Waals surface area contributed by atoms with Crippen LogP contribution < -0.4 is 4.74 Å². The molecule has 3 nitrogen and oxygen atoms in total. The first-order valence-electron chi connectivity index (χ1n) is 5.31. The van der Waals surface area contributed by atoms with Crippen molar-refractivity contribution in [3.8, 4) is 5.75 Å². The normalized spacial score (nSPS) is 22.5. The van der Waals surface area contributed by atoms with Crippen LogP contribution in [0, 0.1) is 5.92 Å². The van der Waals surface area contributed by atoms with Gasteiger partial charge in [-0.25, -0.2) is 8.78 Å². The average Bonchev–Trinajstić information content (AvgIpc) is 3.06. The van der Waals surface area contributed by atoms with Crippen LogP contribution in [0.25, 0.3) is 0 Å². The van der Waals surface area contributed by atoms with Gasteiger partial charge in [0, 0.05) is 0 Å². The highest BCUT2D eigenvalue weighted by Gasteiger charge is 2.44. The summed E-state index contributed by atoms with van der Waals surface area (Å²) in [5.41, 5.74) is 0.837. The molecule has 0 aromatic heterocycles. The zero-order valence-electron chi connectivity index (χ0n) is 8.98. The number of alkyl halides is 2. The van der Waals surface area contributed by atoms with E-state index in [4.69, 9.17) is 9.84 Å². The maximum Gasteiger partial charge on any atom is 0.307 e. The minimum absolute atomic E-state index is 0.0115. The molecule has 5 heteroatoms. The van der Waals surface area contributed by atoms with E-state index in [1.54, 1.807) is 24.3 Å². The molecule has 0 aliphatic heterocycles. The third kappa shape index (κ3) is 2.93. The minimum Gasteiger partial charge on any atom is -0.488 e. The number of halogens is 2. The summed E-state index contributed by atoms with van der Waals surface area (Å²) < 4.78 is 28.8. The van der Waals surface area contributed by atoms with Crippen molar-refractivity contribution in [1.29, 1.82) is 0 Å². The number of carbonyl (C=O) groups is 1. The lowest BCUT2D eigenvalue weighted by Crippen LogP contribution is -2.07. The SMILES string of the molecule is O=C(O)C1CC1c1cccc(OCC(F)F)c1. The molecule has 1 aromatic carbocycles. The average molecular weight is 242 g/mol. The molecule has 1 aliphatic carbocycles. The van der Waals surface area contributed by atoms with E-state index < -0.39 is 19.0 Å². The number of carboxylic acids is 1. The van der Waals surface area contributed by atoms with Gasteiger partial charge < -0.3 is 9.84 Å². The highest BCUT2D eigenvalue weighted by molar-refractivity contribution is 5.75. The number of ether oxygens (including phenoxy) is 1. The molecule has 17 heavy (non-hydrogen) atoms. The summed E-state index contributed by atoms with van der Waals surface area (Å²) >= 11 is 0. The van der Waals surface area contributed by atoms with Gasteiger partial charge in [-0.2, -0.15) is 0 Å². The molecule has 1 N–H and O–H groups in total. The Morgan fingerprint density at radius 3 is 2.88 bits per heavy atom. The summed E-state index contributed by atoms with van der Waals surface area (Å²) in [6.07, 6.45) is -1.90. The fourth-order valence-electron chi connectivity index (χ4n) is 1.83. The van der Waals surface area contributed by atoms with Gasteiger partial charge in [-0.1, -0.05) is 12.1 Å². The Bertz CT molecular complexity index is 420. The Kier molecular flexibility index (Phi) is 3.26. The summed E-state index contributed by atoms with van der Waals surface area (Å²) in [5, 5.41) is 8.80. The number of hydrogen-bond acceptors (Lipinski definition) is 2. The van der Waals surface area contributed by atoms with E-state index in [1.807, 2.05) is 0 Å². The van der Waals surface area contributed by atoms with Gasteiger partial charge in [-0.3, -0.25) is 4.79 Å². The van der Waals surface area contributed by atoms with Crippen LogP contribution in [0.1, 0.15) is 17.9 Å². The van der Waals surface area contributed by atoms with Crippen LogP contribution in [-0.4, -0.2) is 24.1 Å². The van der Waals surface area contributed by atoms with Gasteiger partial charge in [0.25, 0.3) is 6.43 Å². The summed E-state index contributed by atoms with van der Waals surface area (Å²) in [7, 11) is 0. The molecule has 0 bridgehead atoms. The van der Waals surface area contributed by atoms with Gasteiger partial charge in [0.1, 0.15) is 12.4 Å². The summed E-state index contributed by atoms with van der Waals surface area (Å²) in [6, 6.07) is 6.70. The lowest BCUT2D eigenvalue weighted by molar-refractivity contribution is -0.138. The Morgan fingerprint density at radius 1 is 1.53 bits per heavy atom. The van der Waals surface area contributed by atoms with Crippen LogP contribution in [0.2, 0.25) is 0 Å². The van der Waals surface area contributed by atoms with Gasteiger partial charge in [-0.05, 0) is 30.0 Å². The quantitative estimate of drug-likeness (QED) is 0.863. The monoisotopic (exact) mass is 242 g/mol. The van der Waals surface area contributed by atoms with Crippen LogP contribution in [0.5, 0.6) is 5.75 Å². The first-order valence-corrected chi connectivity index (χ1v) is 5.31. The zero-order chi connectivity index (χ0) is 12.4. The highest BCUT2D eigenvalue weighted by atomic mass is 19.3. The Labute approximate surface area is 97.0 Å². The fourth-order valence-corrected chi connectivity index (χ4v) is 1.83. The Morgan fingerprint density at radius 2 is 2.29 bits per heavy atom. The molecule has 2 unspecified atom stereocenters. The standard InChI is InChI=1S/C12H12F2O3/c13-11(14)6-17-8-3-1-2-7(4-8)9-5-10(9)12(15)16/h1-4,9-11H,5-6H2,(H,15,16). The lowest BCUT2D eigenvalue weighted by Gasteiger charge is -2.07. The molecule has 1 aromatic rings. The molecule has 0 heterocycles. The predicted molar refractivity (Wildman–Crippen MR) is 56.4 cm³/mol. The maximum atomic E-state index is 12.0. The van der Waals surface area contributed by atoms with E-state index in [9.17, 15) is 13.6 Å². The number of aliphatic carboxylic acids is 1. The molecule has 1 fully saturated rings. The molecule has 92 valence electrons. The zero-order valence-corrected chi connectivity index (χ0v) is 8.98. The summed E-state index contributed by atoms with van der Waals surface area (Å²) in [4.78, 5) is 10.7. The molecular weight excluding hydrogens is 230 g/mol. The molecule has 2 rings (SSSR count). The van der Waals surface area contributed by atoms with Gasteiger partial charge >= 0.3 is 5.97 Å². The van der Waals surface area contributed by atoms with Crippen molar-refractivity contribution in [2.45, 2.75) is 18.8 Å². The van der Waals surface area contributed by atoms with Crippen LogP contribution in [0.15, 0.2) is 24.3 Å². The summed E-state index contributed by atoms with van der Waals surface area (Å²) in [5.74, 6) is -0.810. The smallest absolute Gasteiger partial charge is 0.307 e. The second kappa shape index (κ2) is 4.69.